The number of anilines is 6. The molecule has 224 valence electrons. The molecule has 0 radical (unpaired) electrons. The van der Waals surface area contributed by atoms with Gasteiger partial charge in [-0.3, -0.25) is 0 Å². The zero-order chi connectivity index (χ0) is 34.8. The van der Waals surface area contributed by atoms with Crippen LogP contribution in [0.1, 0.15) is 5.48 Å². The van der Waals surface area contributed by atoms with Crippen LogP contribution in [0, 0.1) is 0 Å². The molecule has 47 heavy (non-hydrogen) atoms. The highest BCUT2D eigenvalue weighted by atomic mass is 35.5. The molecular formula is C42H27ClN2S2. The second kappa shape index (κ2) is 11.6. The lowest BCUT2D eigenvalue weighted by molar-refractivity contribution is 1.29. The molecule has 2 aromatic heterocycles. The van der Waals surface area contributed by atoms with Crippen molar-refractivity contribution in [1.82, 2.24) is 0 Å². The predicted molar refractivity (Wildman–Crippen MR) is 207 cm³/mol. The van der Waals surface area contributed by atoms with Crippen LogP contribution in [-0.4, -0.2) is 0 Å². The summed E-state index contributed by atoms with van der Waals surface area (Å²) in [6.45, 7) is 0. The largest absolute Gasteiger partial charge is 0.310 e. The maximum atomic E-state index is 8.62. The van der Waals surface area contributed by atoms with Crippen LogP contribution in [0.4, 0.5) is 34.1 Å². The molecule has 0 aliphatic carbocycles. The van der Waals surface area contributed by atoms with E-state index in [1.165, 1.54) is 26.8 Å². The summed E-state index contributed by atoms with van der Waals surface area (Å²) in [5, 5.41) is 3.92. The smallest absolute Gasteiger partial charge is 0.0638 e. The summed E-state index contributed by atoms with van der Waals surface area (Å²) in [5.74, 6) is 0. The molecule has 2 heterocycles. The Bertz CT molecular complexity index is 2730. The van der Waals surface area contributed by atoms with Crippen LogP contribution in [-0.2, 0) is 0 Å². The third-order valence-electron chi connectivity index (χ3n) is 8.41. The van der Waals surface area contributed by atoms with Gasteiger partial charge in [-0.25, -0.2) is 0 Å². The van der Waals surface area contributed by atoms with E-state index in [0.717, 1.165) is 43.5 Å². The zero-order valence-electron chi connectivity index (χ0n) is 28.9. The number of rotatable bonds is 6. The number of para-hydroxylation sites is 3. The van der Waals surface area contributed by atoms with Crippen molar-refractivity contribution in [2.75, 3.05) is 9.80 Å². The minimum atomic E-state index is -0.255. The molecular weight excluding hydrogens is 632 g/mol. The van der Waals surface area contributed by atoms with Crippen LogP contribution in [0.15, 0.2) is 164 Å². The quantitative estimate of drug-likeness (QED) is 0.175. The number of benzene rings is 7. The van der Waals surface area contributed by atoms with E-state index < -0.39 is 0 Å². The maximum absolute atomic E-state index is 8.62. The van der Waals surface area contributed by atoms with E-state index in [9.17, 15) is 0 Å². The average molecular weight is 663 g/mol. The van der Waals surface area contributed by atoms with E-state index >= 15 is 0 Å². The molecule has 9 aromatic rings. The summed E-state index contributed by atoms with van der Waals surface area (Å²) < 4.78 is 37.3. The number of thiophene rings is 2. The summed E-state index contributed by atoms with van der Waals surface area (Å²) in [7, 11) is 0. The minimum Gasteiger partial charge on any atom is -0.310 e. The number of nitrogens with zero attached hydrogens (tertiary/aromatic N) is 2. The van der Waals surface area contributed by atoms with Crippen molar-refractivity contribution in [1.29, 1.82) is 0 Å². The fourth-order valence-electron chi connectivity index (χ4n) is 6.34. The van der Waals surface area contributed by atoms with E-state index in [4.69, 9.17) is 17.1 Å². The number of fused-ring (bicyclic) bond motifs is 6. The van der Waals surface area contributed by atoms with Crippen molar-refractivity contribution < 1.29 is 5.48 Å². The van der Waals surface area contributed by atoms with Crippen LogP contribution in [0.25, 0.3) is 40.3 Å². The van der Waals surface area contributed by atoms with Gasteiger partial charge in [0, 0.05) is 74.5 Å². The minimum absolute atomic E-state index is 0.0428. The van der Waals surface area contributed by atoms with Gasteiger partial charge in [0.15, 0.2) is 0 Å². The molecule has 0 spiro atoms. The van der Waals surface area contributed by atoms with Gasteiger partial charge in [-0.1, -0.05) is 90.4 Å². The van der Waals surface area contributed by atoms with Crippen LogP contribution in [0.2, 0.25) is 5.02 Å². The number of hydrogen-bond donors (Lipinski definition) is 0. The standard InChI is InChI=1S/C42H27ClN2S2/c43-37-25-33(27-41-42(37)35-18-10-11-19-38(35)47-41)45(30-16-8-3-9-17-30)32-20-22-34-36-24-31(21-23-39(36)46-40(34)26-32)44(28-12-4-1-5-13-28)29-14-6-2-7-15-29/h1-27H/i10D,11D,18D,19D. The molecule has 5 heteroatoms. The van der Waals surface area contributed by atoms with Gasteiger partial charge in [-0.15, -0.1) is 22.7 Å². The lowest BCUT2D eigenvalue weighted by atomic mass is 10.1. The van der Waals surface area contributed by atoms with Crippen LogP contribution < -0.4 is 9.80 Å². The summed E-state index contributed by atoms with van der Waals surface area (Å²) in [4.78, 5) is 4.46. The van der Waals surface area contributed by atoms with Crippen LogP contribution in [0.3, 0.4) is 0 Å². The molecule has 7 aromatic carbocycles. The molecule has 0 aliphatic rings. The molecule has 9 rings (SSSR count). The van der Waals surface area contributed by atoms with E-state index in [1.54, 1.807) is 11.3 Å². The molecule has 0 unspecified atom stereocenters. The van der Waals surface area contributed by atoms with Crippen molar-refractivity contribution in [2.24, 2.45) is 0 Å². The summed E-state index contributed by atoms with van der Waals surface area (Å²) >= 11 is 10.1. The Kier molecular flexibility index (Phi) is 5.94. The predicted octanol–water partition coefficient (Wildman–Crippen LogP) is 14.0. The molecule has 0 amide bonds. The zero-order valence-corrected chi connectivity index (χ0v) is 27.3. The first-order valence-electron chi connectivity index (χ1n) is 17.2. The Morgan fingerprint density at radius 2 is 0.979 bits per heavy atom. The van der Waals surface area contributed by atoms with Gasteiger partial charge >= 0.3 is 0 Å². The average Bonchev–Trinajstić information content (AvgIpc) is 3.73. The fraction of sp³-hybridized carbons (Fsp3) is 0. The highest BCUT2D eigenvalue weighted by molar-refractivity contribution is 7.26. The Morgan fingerprint density at radius 3 is 1.66 bits per heavy atom. The highest BCUT2D eigenvalue weighted by Crippen LogP contribution is 2.46. The van der Waals surface area contributed by atoms with Gasteiger partial charge in [0.05, 0.1) is 10.5 Å². The first-order chi connectivity index (χ1) is 24.9. The van der Waals surface area contributed by atoms with Gasteiger partial charge in [0.1, 0.15) is 0 Å². The normalized spacial score (nSPS) is 12.7. The number of hydrogen-bond acceptors (Lipinski definition) is 4. The van der Waals surface area contributed by atoms with Crippen molar-refractivity contribution in [3.8, 4) is 0 Å². The van der Waals surface area contributed by atoms with E-state index in [2.05, 4.69) is 107 Å². The lowest BCUT2D eigenvalue weighted by Gasteiger charge is -2.26. The second-order valence-corrected chi connectivity index (χ2v) is 13.8. The molecule has 0 N–H and O–H groups in total. The summed E-state index contributed by atoms with van der Waals surface area (Å²) in [6.07, 6.45) is 0. The van der Waals surface area contributed by atoms with E-state index in [1.807, 2.05) is 42.5 Å². The third kappa shape index (κ3) is 4.93. The Balaban J connectivity index is 1.19. The third-order valence-corrected chi connectivity index (χ3v) is 10.9. The molecule has 0 aliphatic heterocycles. The molecule has 0 atom stereocenters. The van der Waals surface area contributed by atoms with E-state index in [-0.39, 0.29) is 24.2 Å². The molecule has 0 bridgehead atoms. The summed E-state index contributed by atoms with van der Waals surface area (Å²) in [5.41, 5.74) is 6.04. The fourth-order valence-corrected chi connectivity index (χ4v) is 8.90. The molecule has 2 nitrogen and oxygen atoms in total. The summed E-state index contributed by atoms with van der Waals surface area (Å²) in [6, 6.07) is 47.6. The first-order valence-corrected chi connectivity index (χ1v) is 17.2. The van der Waals surface area contributed by atoms with Gasteiger partial charge in [0.25, 0.3) is 0 Å². The topological polar surface area (TPSA) is 6.48 Å². The maximum Gasteiger partial charge on any atom is 0.0638 e. The first kappa shape index (κ1) is 24.1. The SMILES string of the molecule is [2H]c1c([2H])c([2H])c2c(sc3cc(N(c4ccccc4)c4ccc5c(c4)sc4ccc(N(c6ccccc6)c6ccccc6)cc45)cc(Cl)c32)c1[2H]. The Labute approximate surface area is 291 Å². The highest BCUT2D eigenvalue weighted by Gasteiger charge is 2.19. The Morgan fingerprint density at radius 1 is 0.426 bits per heavy atom. The van der Waals surface area contributed by atoms with Gasteiger partial charge in [0.2, 0.25) is 0 Å². The van der Waals surface area contributed by atoms with Crippen molar-refractivity contribution in [3.63, 3.8) is 0 Å². The molecule has 0 saturated heterocycles. The molecule has 0 fully saturated rings. The van der Waals surface area contributed by atoms with Crippen molar-refractivity contribution >= 4 is 109 Å². The Hall–Kier alpha value is -5.13. The van der Waals surface area contributed by atoms with Crippen LogP contribution >= 0.6 is 34.3 Å². The monoisotopic (exact) mass is 662 g/mol. The van der Waals surface area contributed by atoms with Crippen molar-refractivity contribution in [2.45, 2.75) is 0 Å². The van der Waals surface area contributed by atoms with Gasteiger partial charge < -0.3 is 9.80 Å². The lowest BCUT2D eigenvalue weighted by Crippen LogP contribution is -2.09. The van der Waals surface area contributed by atoms with Crippen LogP contribution in [0.5, 0.6) is 0 Å². The second-order valence-electron chi connectivity index (χ2n) is 11.2. The van der Waals surface area contributed by atoms with E-state index in [0.29, 0.717) is 20.5 Å². The number of halogens is 1. The van der Waals surface area contributed by atoms with Gasteiger partial charge in [-0.2, -0.15) is 0 Å². The molecule has 0 saturated carbocycles. The van der Waals surface area contributed by atoms with Crippen molar-refractivity contribution in [3.05, 3.63) is 169 Å². The van der Waals surface area contributed by atoms with Gasteiger partial charge in [-0.05, 0) is 84.9 Å².